The SMILES string of the molecule is CC1C=Cc2ccc3c(N(c4ccccc4)c4cc(C(C)(C)C)cc(N(c5ccccc5)c5ccccc5)c4-c4cccc(-c5ccccc5)c4)cccc3c2C1. The number of hydrogen-bond donors (Lipinski definition) is 0. The van der Waals surface area contributed by atoms with E-state index in [1.54, 1.807) is 0 Å². The highest BCUT2D eigenvalue weighted by Crippen LogP contribution is 2.52. The van der Waals surface area contributed by atoms with Crippen molar-refractivity contribution in [3.8, 4) is 22.3 Å². The number of rotatable bonds is 8. The molecule has 2 heteroatoms. The molecule has 0 saturated carbocycles. The number of allylic oxidation sites excluding steroid dienone is 1. The van der Waals surface area contributed by atoms with E-state index < -0.39 is 0 Å². The molecule has 1 aliphatic carbocycles. The van der Waals surface area contributed by atoms with E-state index in [-0.39, 0.29) is 5.41 Å². The molecule has 0 spiro atoms. The van der Waals surface area contributed by atoms with Gasteiger partial charge in [0, 0.05) is 28.0 Å². The zero-order valence-electron chi connectivity index (χ0n) is 33.2. The molecule has 0 saturated heterocycles. The first kappa shape index (κ1) is 36.0. The number of nitrogens with zero attached hydrogens (tertiary/aromatic N) is 2. The zero-order chi connectivity index (χ0) is 38.9. The third kappa shape index (κ3) is 7.04. The average Bonchev–Trinajstić information content (AvgIpc) is 3.25. The molecule has 0 heterocycles. The van der Waals surface area contributed by atoms with Gasteiger partial charge in [-0.2, -0.15) is 0 Å². The molecule has 0 radical (unpaired) electrons. The van der Waals surface area contributed by atoms with Gasteiger partial charge in [0.05, 0.1) is 17.1 Å². The van der Waals surface area contributed by atoms with E-state index in [4.69, 9.17) is 0 Å². The van der Waals surface area contributed by atoms with E-state index in [0.717, 1.165) is 51.7 Å². The number of fused-ring (bicyclic) bond motifs is 3. The molecule has 0 N–H and O–H groups in total. The van der Waals surface area contributed by atoms with Gasteiger partial charge in [-0.3, -0.25) is 0 Å². The van der Waals surface area contributed by atoms with Crippen molar-refractivity contribution in [1.29, 1.82) is 0 Å². The van der Waals surface area contributed by atoms with Gasteiger partial charge >= 0.3 is 0 Å². The zero-order valence-corrected chi connectivity index (χ0v) is 33.2. The molecule has 9 rings (SSSR count). The van der Waals surface area contributed by atoms with Gasteiger partial charge in [-0.25, -0.2) is 0 Å². The van der Waals surface area contributed by atoms with Crippen LogP contribution in [0.25, 0.3) is 39.1 Å². The first-order chi connectivity index (χ1) is 27.8. The van der Waals surface area contributed by atoms with Gasteiger partial charge in [-0.15, -0.1) is 0 Å². The Bertz CT molecular complexity index is 2650. The molecule has 1 unspecified atom stereocenters. The van der Waals surface area contributed by atoms with Crippen molar-refractivity contribution >= 4 is 51.0 Å². The Morgan fingerprint density at radius 3 is 1.60 bits per heavy atom. The standard InChI is InChI=1S/C55H48N2/c1-39-31-32-41-33-34-49-48(50(41)35-39)29-18-30-51(49)57(47-27-15-8-16-28-47)53-38-44(55(2,3)4)37-52(56(45-23-11-6-12-24-45)46-25-13-7-14-26-46)54(53)43-22-17-21-42(36-43)40-19-9-5-10-20-40/h5-34,36-39H,35H2,1-4H3. The van der Waals surface area contributed by atoms with Crippen LogP contribution in [0.15, 0.2) is 194 Å². The second-order valence-electron chi connectivity index (χ2n) is 16.3. The molecule has 0 bridgehead atoms. The van der Waals surface area contributed by atoms with Gasteiger partial charge in [0.15, 0.2) is 0 Å². The second-order valence-corrected chi connectivity index (χ2v) is 16.3. The molecule has 8 aromatic rings. The van der Waals surface area contributed by atoms with Crippen LogP contribution in [-0.4, -0.2) is 0 Å². The Kier molecular flexibility index (Phi) is 9.56. The maximum Gasteiger partial charge on any atom is 0.0564 e. The van der Waals surface area contributed by atoms with Crippen LogP contribution in [0.5, 0.6) is 0 Å². The minimum atomic E-state index is -0.157. The summed E-state index contributed by atoms with van der Waals surface area (Å²) in [7, 11) is 0. The lowest BCUT2D eigenvalue weighted by Gasteiger charge is -2.36. The van der Waals surface area contributed by atoms with Crippen LogP contribution in [0.3, 0.4) is 0 Å². The van der Waals surface area contributed by atoms with Crippen molar-refractivity contribution in [3.63, 3.8) is 0 Å². The maximum atomic E-state index is 2.52. The van der Waals surface area contributed by atoms with E-state index in [1.165, 1.54) is 38.6 Å². The van der Waals surface area contributed by atoms with E-state index >= 15 is 0 Å². The monoisotopic (exact) mass is 736 g/mol. The first-order valence-electron chi connectivity index (χ1n) is 20.2. The minimum absolute atomic E-state index is 0.157. The summed E-state index contributed by atoms with van der Waals surface area (Å²) in [5.74, 6) is 0.494. The lowest BCUT2D eigenvalue weighted by molar-refractivity contribution is 0.590. The van der Waals surface area contributed by atoms with E-state index in [2.05, 4.69) is 238 Å². The van der Waals surface area contributed by atoms with Crippen LogP contribution < -0.4 is 9.80 Å². The van der Waals surface area contributed by atoms with Crippen LogP contribution in [-0.2, 0) is 11.8 Å². The van der Waals surface area contributed by atoms with Crippen LogP contribution in [0.1, 0.15) is 44.4 Å². The molecule has 2 nitrogen and oxygen atoms in total. The minimum Gasteiger partial charge on any atom is -0.310 e. The predicted molar refractivity (Wildman–Crippen MR) is 245 cm³/mol. The van der Waals surface area contributed by atoms with Crippen molar-refractivity contribution in [1.82, 2.24) is 0 Å². The largest absolute Gasteiger partial charge is 0.310 e. The Labute approximate surface area is 338 Å². The number of benzene rings is 8. The smallest absolute Gasteiger partial charge is 0.0564 e. The topological polar surface area (TPSA) is 6.48 Å². The van der Waals surface area contributed by atoms with E-state index in [1.807, 2.05) is 0 Å². The molecule has 278 valence electrons. The molecular formula is C55H48N2. The molecule has 1 atom stereocenters. The van der Waals surface area contributed by atoms with Crippen LogP contribution in [0.4, 0.5) is 34.1 Å². The van der Waals surface area contributed by atoms with Gasteiger partial charge in [-0.05, 0) is 117 Å². The predicted octanol–water partition coefficient (Wildman–Crippen LogP) is 15.6. The number of para-hydroxylation sites is 3. The number of anilines is 6. The molecule has 0 amide bonds. The summed E-state index contributed by atoms with van der Waals surface area (Å²) >= 11 is 0. The average molecular weight is 737 g/mol. The van der Waals surface area contributed by atoms with Crippen LogP contribution in [0.2, 0.25) is 0 Å². The third-order valence-electron chi connectivity index (χ3n) is 11.3. The van der Waals surface area contributed by atoms with Crippen molar-refractivity contribution < 1.29 is 0 Å². The fourth-order valence-corrected chi connectivity index (χ4v) is 8.40. The van der Waals surface area contributed by atoms with Crippen LogP contribution in [0, 0.1) is 5.92 Å². The fourth-order valence-electron chi connectivity index (χ4n) is 8.40. The van der Waals surface area contributed by atoms with Gasteiger partial charge in [0.1, 0.15) is 0 Å². The van der Waals surface area contributed by atoms with Gasteiger partial charge in [0.25, 0.3) is 0 Å². The summed E-state index contributed by atoms with van der Waals surface area (Å²) in [5, 5.41) is 2.56. The summed E-state index contributed by atoms with van der Waals surface area (Å²) in [6.45, 7) is 9.30. The van der Waals surface area contributed by atoms with Crippen molar-refractivity contribution in [2.75, 3.05) is 9.80 Å². The molecule has 8 aromatic carbocycles. The Morgan fingerprint density at radius 1 is 0.456 bits per heavy atom. The molecule has 0 aromatic heterocycles. The summed E-state index contributed by atoms with van der Waals surface area (Å²) in [6.07, 6.45) is 5.68. The fraction of sp³-hybridized carbons (Fsp3) is 0.127. The number of hydrogen-bond acceptors (Lipinski definition) is 2. The maximum absolute atomic E-state index is 2.52. The quantitative estimate of drug-likeness (QED) is 0.153. The van der Waals surface area contributed by atoms with Crippen molar-refractivity contribution in [2.24, 2.45) is 5.92 Å². The summed E-state index contributed by atoms with van der Waals surface area (Å²) in [6, 6.07) is 68.8. The molecule has 0 aliphatic heterocycles. The summed E-state index contributed by atoms with van der Waals surface area (Å²) < 4.78 is 0. The Morgan fingerprint density at radius 2 is 0.982 bits per heavy atom. The van der Waals surface area contributed by atoms with Crippen molar-refractivity contribution in [2.45, 2.75) is 39.5 Å². The third-order valence-corrected chi connectivity index (χ3v) is 11.3. The highest BCUT2D eigenvalue weighted by Gasteiger charge is 2.29. The van der Waals surface area contributed by atoms with Gasteiger partial charge < -0.3 is 9.80 Å². The highest BCUT2D eigenvalue weighted by molar-refractivity contribution is 6.06. The second kappa shape index (κ2) is 15.1. The lowest BCUT2D eigenvalue weighted by atomic mass is 9.83. The Hall–Kier alpha value is -6.64. The summed E-state index contributed by atoms with van der Waals surface area (Å²) in [5.41, 5.74) is 15.3. The van der Waals surface area contributed by atoms with Crippen LogP contribution >= 0.6 is 0 Å². The van der Waals surface area contributed by atoms with Crippen molar-refractivity contribution in [3.05, 3.63) is 211 Å². The lowest BCUT2D eigenvalue weighted by Crippen LogP contribution is -2.19. The molecule has 1 aliphatic rings. The van der Waals surface area contributed by atoms with Gasteiger partial charge in [-0.1, -0.05) is 167 Å². The normalized spacial score (nSPS) is 13.6. The summed E-state index contributed by atoms with van der Waals surface area (Å²) in [4.78, 5) is 4.97. The Balaban J connectivity index is 1.42. The molecule has 57 heavy (non-hydrogen) atoms. The molecule has 0 fully saturated rings. The van der Waals surface area contributed by atoms with Gasteiger partial charge in [0.2, 0.25) is 0 Å². The van der Waals surface area contributed by atoms with E-state index in [0.29, 0.717) is 5.92 Å². The highest BCUT2D eigenvalue weighted by atomic mass is 15.2. The first-order valence-corrected chi connectivity index (χ1v) is 20.2. The molecular weight excluding hydrogens is 689 g/mol. The van der Waals surface area contributed by atoms with E-state index in [9.17, 15) is 0 Å².